The molecular formula is C22H21NO4. The van der Waals surface area contributed by atoms with Gasteiger partial charge in [0.2, 0.25) is 0 Å². The summed E-state index contributed by atoms with van der Waals surface area (Å²) in [7, 11) is 0. The topological polar surface area (TPSA) is 66.8 Å². The minimum atomic E-state index is -0.913. The molecule has 5 nitrogen and oxygen atoms in total. The van der Waals surface area contributed by atoms with Gasteiger partial charge in [-0.15, -0.1) is 0 Å². The average molecular weight is 363 g/mol. The lowest BCUT2D eigenvalue weighted by Gasteiger charge is -2.21. The first-order chi connectivity index (χ1) is 13.1. The number of carbonyl (C=O) groups excluding carboxylic acids is 1. The van der Waals surface area contributed by atoms with E-state index in [9.17, 15) is 9.59 Å². The van der Waals surface area contributed by atoms with Gasteiger partial charge in [0.15, 0.2) is 0 Å². The van der Waals surface area contributed by atoms with Crippen molar-refractivity contribution in [1.29, 1.82) is 0 Å². The van der Waals surface area contributed by atoms with Crippen LogP contribution in [0.3, 0.4) is 0 Å². The second kappa shape index (κ2) is 7.27. The largest absolute Gasteiger partial charge is 0.478 e. The Bertz CT molecular complexity index is 873. The lowest BCUT2D eigenvalue weighted by Crippen LogP contribution is -2.33. The molecule has 0 atom stereocenters. The highest BCUT2D eigenvalue weighted by molar-refractivity contribution is 5.86. The molecule has 2 aromatic carbocycles. The van der Waals surface area contributed by atoms with Crippen LogP contribution in [0.1, 0.15) is 29.9 Å². The van der Waals surface area contributed by atoms with Crippen molar-refractivity contribution in [1.82, 2.24) is 4.90 Å². The fourth-order valence-corrected chi connectivity index (χ4v) is 3.92. The van der Waals surface area contributed by atoms with E-state index in [1.807, 2.05) is 24.3 Å². The fourth-order valence-electron chi connectivity index (χ4n) is 3.92. The highest BCUT2D eigenvalue weighted by atomic mass is 16.6. The van der Waals surface area contributed by atoms with Crippen LogP contribution >= 0.6 is 0 Å². The zero-order chi connectivity index (χ0) is 18.8. The summed E-state index contributed by atoms with van der Waals surface area (Å²) in [6.45, 7) is 1.06. The lowest BCUT2D eigenvalue weighted by atomic mass is 9.98. The second-order valence-electron chi connectivity index (χ2n) is 6.89. The Balaban J connectivity index is 1.47. The van der Waals surface area contributed by atoms with Crippen molar-refractivity contribution in [2.75, 3.05) is 19.7 Å². The van der Waals surface area contributed by atoms with Crippen LogP contribution in [0.25, 0.3) is 11.1 Å². The van der Waals surface area contributed by atoms with E-state index < -0.39 is 5.97 Å². The number of carboxylic acid groups (broad SMARTS) is 1. The number of fused-ring (bicyclic) bond motifs is 3. The maximum absolute atomic E-state index is 12.5. The lowest BCUT2D eigenvalue weighted by molar-refractivity contribution is -0.132. The summed E-state index contributed by atoms with van der Waals surface area (Å²) < 4.78 is 5.64. The number of carbonyl (C=O) groups is 2. The minimum Gasteiger partial charge on any atom is -0.478 e. The van der Waals surface area contributed by atoms with Crippen LogP contribution in [0.4, 0.5) is 4.79 Å². The molecular weight excluding hydrogens is 342 g/mol. The molecule has 0 saturated carbocycles. The maximum Gasteiger partial charge on any atom is 0.410 e. The quantitative estimate of drug-likeness (QED) is 0.894. The first-order valence-electron chi connectivity index (χ1n) is 9.17. The van der Waals surface area contributed by atoms with Crippen molar-refractivity contribution in [3.8, 4) is 11.1 Å². The molecule has 5 heteroatoms. The Morgan fingerprint density at radius 1 is 1.04 bits per heavy atom. The van der Waals surface area contributed by atoms with Crippen molar-refractivity contribution in [3.05, 3.63) is 71.3 Å². The second-order valence-corrected chi connectivity index (χ2v) is 6.89. The van der Waals surface area contributed by atoms with Crippen LogP contribution in [-0.2, 0) is 9.53 Å². The minimum absolute atomic E-state index is 0.0263. The molecule has 0 spiro atoms. The van der Waals surface area contributed by atoms with Gasteiger partial charge in [0.25, 0.3) is 0 Å². The van der Waals surface area contributed by atoms with E-state index >= 15 is 0 Å². The molecule has 0 saturated heterocycles. The maximum atomic E-state index is 12.5. The zero-order valence-electron chi connectivity index (χ0n) is 14.9. The van der Waals surface area contributed by atoms with E-state index in [1.54, 1.807) is 11.0 Å². The standard InChI is InChI=1S/C22H21NO4/c24-21(25)15-6-5-12-23(13-11-15)22(26)27-14-20-18-9-3-1-7-16(18)17-8-2-4-10-19(17)20/h1-4,7-11,20H,5-6,12-14H2,(H,24,25). The third-order valence-corrected chi connectivity index (χ3v) is 5.30. The van der Waals surface area contributed by atoms with Crippen molar-refractivity contribution in [2.24, 2.45) is 0 Å². The Hall–Kier alpha value is -3.08. The van der Waals surface area contributed by atoms with E-state index in [-0.39, 0.29) is 25.2 Å². The highest BCUT2D eigenvalue weighted by Crippen LogP contribution is 2.44. The van der Waals surface area contributed by atoms with Gasteiger partial charge in [-0.1, -0.05) is 54.6 Å². The predicted octanol–water partition coefficient (Wildman–Crippen LogP) is 4.04. The van der Waals surface area contributed by atoms with Gasteiger partial charge >= 0.3 is 12.1 Å². The first-order valence-corrected chi connectivity index (χ1v) is 9.17. The number of rotatable bonds is 3. The first kappa shape index (κ1) is 17.3. The van der Waals surface area contributed by atoms with Crippen molar-refractivity contribution in [3.63, 3.8) is 0 Å². The Kier molecular flexibility index (Phi) is 4.67. The molecule has 138 valence electrons. The third kappa shape index (κ3) is 3.33. The molecule has 1 heterocycles. The number of ether oxygens (including phenoxy) is 1. The molecule has 0 radical (unpaired) electrons. The van der Waals surface area contributed by atoms with E-state index in [0.717, 1.165) is 0 Å². The van der Waals surface area contributed by atoms with Gasteiger partial charge in [0.1, 0.15) is 6.61 Å². The highest BCUT2D eigenvalue weighted by Gasteiger charge is 2.29. The molecule has 1 N–H and O–H groups in total. The Labute approximate surface area is 157 Å². The van der Waals surface area contributed by atoms with Gasteiger partial charge in [-0.05, 0) is 35.1 Å². The summed E-state index contributed by atoms with van der Waals surface area (Å²) in [5.74, 6) is -0.886. The molecule has 27 heavy (non-hydrogen) atoms. The number of aliphatic carboxylic acids is 1. The summed E-state index contributed by atoms with van der Waals surface area (Å²) in [6.07, 6.45) is 2.32. The van der Waals surface area contributed by atoms with Crippen LogP contribution in [0, 0.1) is 0 Å². The average Bonchev–Trinajstić information content (AvgIpc) is 2.83. The van der Waals surface area contributed by atoms with Crippen molar-refractivity contribution in [2.45, 2.75) is 18.8 Å². The molecule has 0 unspecified atom stereocenters. The molecule has 0 bridgehead atoms. The summed E-state index contributed by atoms with van der Waals surface area (Å²) in [5, 5.41) is 9.12. The summed E-state index contributed by atoms with van der Waals surface area (Å²) in [4.78, 5) is 25.2. The number of benzene rings is 2. The van der Waals surface area contributed by atoms with Crippen molar-refractivity contribution < 1.29 is 19.4 Å². The number of amides is 1. The molecule has 0 aromatic heterocycles. The molecule has 1 amide bonds. The molecule has 1 aliphatic carbocycles. The fraction of sp³-hybridized carbons (Fsp3) is 0.273. The van der Waals surface area contributed by atoms with Gasteiger partial charge in [-0.3, -0.25) is 0 Å². The molecule has 2 aromatic rings. The van der Waals surface area contributed by atoms with E-state index in [1.165, 1.54) is 22.3 Å². The number of hydrogen-bond acceptors (Lipinski definition) is 3. The molecule has 2 aliphatic rings. The van der Waals surface area contributed by atoms with E-state index in [4.69, 9.17) is 9.84 Å². The van der Waals surface area contributed by atoms with E-state index in [0.29, 0.717) is 25.0 Å². The summed E-state index contributed by atoms with van der Waals surface area (Å²) >= 11 is 0. The van der Waals surface area contributed by atoms with Gasteiger partial charge in [0.05, 0.1) is 0 Å². The number of hydrogen-bond donors (Lipinski definition) is 1. The Morgan fingerprint density at radius 3 is 2.30 bits per heavy atom. The van der Waals surface area contributed by atoms with Crippen LogP contribution in [0.15, 0.2) is 60.2 Å². The monoisotopic (exact) mass is 363 g/mol. The predicted molar refractivity (Wildman–Crippen MR) is 102 cm³/mol. The SMILES string of the molecule is O=C(O)C1=CCN(C(=O)OCC2c3ccccc3-c3ccccc32)CCC1. The van der Waals surface area contributed by atoms with Gasteiger partial charge in [-0.25, -0.2) is 9.59 Å². The van der Waals surface area contributed by atoms with Crippen LogP contribution in [0.2, 0.25) is 0 Å². The van der Waals surface area contributed by atoms with Crippen molar-refractivity contribution >= 4 is 12.1 Å². The summed E-state index contributed by atoms with van der Waals surface area (Å²) in [6, 6.07) is 16.4. The zero-order valence-corrected chi connectivity index (χ0v) is 14.9. The molecule has 0 fully saturated rings. The normalized spacial score (nSPS) is 16.1. The smallest absolute Gasteiger partial charge is 0.410 e. The van der Waals surface area contributed by atoms with Gasteiger partial charge in [-0.2, -0.15) is 0 Å². The number of carboxylic acids is 1. The van der Waals surface area contributed by atoms with Crippen LogP contribution < -0.4 is 0 Å². The third-order valence-electron chi connectivity index (χ3n) is 5.30. The Morgan fingerprint density at radius 2 is 1.67 bits per heavy atom. The van der Waals surface area contributed by atoms with Crippen LogP contribution in [0.5, 0.6) is 0 Å². The molecule has 4 rings (SSSR count). The molecule has 1 aliphatic heterocycles. The van der Waals surface area contributed by atoms with E-state index in [2.05, 4.69) is 24.3 Å². The summed E-state index contributed by atoms with van der Waals surface area (Å²) in [5.41, 5.74) is 5.10. The van der Waals surface area contributed by atoms with Crippen LogP contribution in [-0.4, -0.2) is 41.8 Å². The van der Waals surface area contributed by atoms with Gasteiger partial charge < -0.3 is 14.7 Å². The van der Waals surface area contributed by atoms with Gasteiger partial charge in [0, 0.05) is 24.6 Å². The number of nitrogens with zero attached hydrogens (tertiary/aromatic N) is 1.